The Hall–Kier alpha value is -2.37. The molecule has 0 bridgehead atoms. The molecule has 1 aromatic rings. The molecule has 0 radical (unpaired) electrons. The largest absolute Gasteiger partial charge is 0.405 e. The van der Waals surface area contributed by atoms with Crippen molar-refractivity contribution in [2.45, 2.75) is 6.18 Å². The van der Waals surface area contributed by atoms with Crippen molar-refractivity contribution in [3.8, 4) is 0 Å². The zero-order chi connectivity index (χ0) is 21.4. The van der Waals surface area contributed by atoms with Crippen molar-refractivity contribution < 1.29 is 27.6 Å². The summed E-state index contributed by atoms with van der Waals surface area (Å²) in [7, 11) is 0. The highest BCUT2D eigenvalue weighted by Gasteiger charge is 2.28. The predicted octanol–water partition coefficient (Wildman–Crippen LogP) is 1.28. The highest BCUT2D eigenvalue weighted by atomic mass is 35.5. The van der Waals surface area contributed by atoms with Crippen molar-refractivity contribution >= 4 is 35.1 Å². The number of anilines is 1. The number of benzene rings is 1. The van der Waals surface area contributed by atoms with Gasteiger partial charge in [-0.1, -0.05) is 23.7 Å². The van der Waals surface area contributed by atoms with Crippen LogP contribution in [0.2, 0.25) is 5.02 Å². The predicted molar refractivity (Wildman–Crippen MR) is 101 cm³/mol. The van der Waals surface area contributed by atoms with Gasteiger partial charge in [-0.3, -0.25) is 24.7 Å². The molecule has 1 fully saturated rings. The molecule has 1 saturated heterocycles. The second-order valence-electron chi connectivity index (χ2n) is 6.43. The Bertz CT molecular complexity index is 739. The second kappa shape index (κ2) is 10.4. The van der Waals surface area contributed by atoms with E-state index in [1.165, 1.54) is 0 Å². The van der Waals surface area contributed by atoms with Crippen LogP contribution in [0.4, 0.5) is 23.7 Å². The Morgan fingerprint density at radius 1 is 0.966 bits per heavy atom. The van der Waals surface area contributed by atoms with Gasteiger partial charge in [0.15, 0.2) is 0 Å². The SMILES string of the molecule is O=C(CN1CCN(CC(=O)Nc2ccccc2Cl)CC1)NC(=O)NCC(F)(F)F. The molecule has 2 rings (SSSR count). The minimum absolute atomic E-state index is 0.126. The van der Waals surface area contributed by atoms with E-state index < -0.39 is 24.7 Å². The Morgan fingerprint density at radius 3 is 2.07 bits per heavy atom. The Labute approximate surface area is 170 Å². The minimum Gasteiger partial charge on any atom is -0.329 e. The summed E-state index contributed by atoms with van der Waals surface area (Å²) in [6.07, 6.45) is -4.55. The Kier molecular flexibility index (Phi) is 8.23. The van der Waals surface area contributed by atoms with Gasteiger partial charge in [0, 0.05) is 26.2 Å². The average molecular weight is 436 g/mol. The smallest absolute Gasteiger partial charge is 0.329 e. The number of alkyl halides is 3. The van der Waals surface area contributed by atoms with Crippen LogP contribution in [0.15, 0.2) is 24.3 Å². The maximum Gasteiger partial charge on any atom is 0.405 e. The zero-order valence-electron chi connectivity index (χ0n) is 15.4. The van der Waals surface area contributed by atoms with Crippen LogP contribution in [-0.4, -0.2) is 79.6 Å². The summed E-state index contributed by atoms with van der Waals surface area (Å²) in [6, 6.07) is 5.69. The van der Waals surface area contributed by atoms with E-state index in [1.54, 1.807) is 34.5 Å². The van der Waals surface area contributed by atoms with Gasteiger partial charge in [0.2, 0.25) is 11.8 Å². The molecule has 29 heavy (non-hydrogen) atoms. The first-order valence-corrected chi connectivity index (χ1v) is 9.14. The molecule has 0 saturated carbocycles. The molecular weight excluding hydrogens is 415 g/mol. The molecule has 1 aliphatic heterocycles. The van der Waals surface area contributed by atoms with Crippen molar-refractivity contribution in [3.63, 3.8) is 0 Å². The number of nitrogens with one attached hydrogen (secondary N) is 3. The molecule has 4 amide bonds. The standard InChI is InChI=1S/C17H21ClF3N5O3/c18-12-3-1-2-4-13(12)23-14(27)9-25-5-7-26(8-6-25)10-15(28)24-16(29)22-11-17(19,20)21/h1-4H,5-11H2,(H,23,27)(H2,22,24,28,29). The lowest BCUT2D eigenvalue weighted by molar-refractivity contribution is -0.125. The van der Waals surface area contributed by atoms with Crippen molar-refractivity contribution in [2.75, 3.05) is 51.1 Å². The van der Waals surface area contributed by atoms with E-state index in [1.807, 2.05) is 10.2 Å². The lowest BCUT2D eigenvalue weighted by atomic mass is 10.3. The van der Waals surface area contributed by atoms with Crippen LogP contribution in [0, 0.1) is 0 Å². The van der Waals surface area contributed by atoms with Crippen LogP contribution >= 0.6 is 11.6 Å². The molecule has 8 nitrogen and oxygen atoms in total. The van der Waals surface area contributed by atoms with Gasteiger partial charge in [-0.15, -0.1) is 0 Å². The Morgan fingerprint density at radius 2 is 1.52 bits per heavy atom. The molecule has 3 N–H and O–H groups in total. The van der Waals surface area contributed by atoms with Crippen LogP contribution in [-0.2, 0) is 9.59 Å². The van der Waals surface area contributed by atoms with Gasteiger partial charge in [0.05, 0.1) is 23.8 Å². The fraction of sp³-hybridized carbons (Fsp3) is 0.471. The maximum atomic E-state index is 12.1. The molecule has 0 spiro atoms. The number of nitrogens with zero attached hydrogens (tertiary/aromatic N) is 2. The summed E-state index contributed by atoms with van der Waals surface area (Å²) in [6.45, 7) is 0.492. The summed E-state index contributed by atoms with van der Waals surface area (Å²) in [4.78, 5) is 38.8. The summed E-state index contributed by atoms with van der Waals surface area (Å²) < 4.78 is 36.1. The van der Waals surface area contributed by atoms with E-state index in [-0.39, 0.29) is 19.0 Å². The molecule has 1 aliphatic rings. The minimum atomic E-state index is -4.55. The van der Waals surface area contributed by atoms with Gasteiger partial charge in [-0.05, 0) is 12.1 Å². The van der Waals surface area contributed by atoms with Gasteiger partial charge in [0.1, 0.15) is 6.54 Å². The summed E-state index contributed by atoms with van der Waals surface area (Å²) >= 11 is 6.00. The Balaban J connectivity index is 1.67. The number of amides is 4. The van der Waals surface area contributed by atoms with Crippen LogP contribution in [0.1, 0.15) is 0 Å². The third-order valence-corrected chi connectivity index (χ3v) is 4.38. The highest BCUT2D eigenvalue weighted by molar-refractivity contribution is 6.33. The average Bonchev–Trinajstić information content (AvgIpc) is 2.63. The molecule has 0 aliphatic carbocycles. The first-order valence-electron chi connectivity index (χ1n) is 8.76. The summed E-state index contributed by atoms with van der Waals surface area (Å²) in [5, 5.41) is 6.59. The molecule has 0 unspecified atom stereocenters. The van der Waals surface area contributed by atoms with E-state index in [0.717, 1.165) is 0 Å². The van der Waals surface area contributed by atoms with Gasteiger partial charge < -0.3 is 10.6 Å². The molecular formula is C17H21ClF3N5O3. The maximum absolute atomic E-state index is 12.1. The van der Waals surface area contributed by atoms with E-state index in [0.29, 0.717) is 36.9 Å². The van der Waals surface area contributed by atoms with Crippen molar-refractivity contribution in [1.29, 1.82) is 0 Å². The molecule has 1 aromatic carbocycles. The fourth-order valence-corrected chi connectivity index (χ4v) is 2.84. The lowest BCUT2D eigenvalue weighted by Crippen LogP contribution is -2.52. The highest BCUT2D eigenvalue weighted by Crippen LogP contribution is 2.20. The van der Waals surface area contributed by atoms with Gasteiger partial charge in [-0.2, -0.15) is 13.2 Å². The monoisotopic (exact) mass is 435 g/mol. The number of carbonyl (C=O) groups excluding carboxylic acids is 3. The van der Waals surface area contributed by atoms with E-state index in [2.05, 4.69) is 5.32 Å². The number of rotatable bonds is 6. The zero-order valence-corrected chi connectivity index (χ0v) is 16.1. The normalized spacial score (nSPS) is 15.6. The van der Waals surface area contributed by atoms with Crippen LogP contribution in [0.25, 0.3) is 0 Å². The third kappa shape index (κ3) is 8.67. The number of hydrogen-bond donors (Lipinski definition) is 3. The lowest BCUT2D eigenvalue weighted by Gasteiger charge is -2.33. The van der Waals surface area contributed by atoms with Crippen molar-refractivity contribution in [3.05, 3.63) is 29.3 Å². The first-order chi connectivity index (χ1) is 13.6. The number of carbonyl (C=O) groups is 3. The number of urea groups is 1. The number of halogens is 4. The molecule has 12 heteroatoms. The molecule has 160 valence electrons. The van der Waals surface area contributed by atoms with Gasteiger partial charge in [0.25, 0.3) is 0 Å². The molecule has 0 atom stereocenters. The first kappa shape index (κ1) is 22.9. The number of piperazine rings is 1. The quantitative estimate of drug-likeness (QED) is 0.626. The number of para-hydroxylation sites is 1. The number of imide groups is 1. The van der Waals surface area contributed by atoms with Crippen molar-refractivity contribution in [1.82, 2.24) is 20.4 Å². The van der Waals surface area contributed by atoms with Crippen LogP contribution in [0.3, 0.4) is 0 Å². The number of hydrogen-bond acceptors (Lipinski definition) is 5. The topological polar surface area (TPSA) is 93.8 Å². The third-order valence-electron chi connectivity index (χ3n) is 4.05. The van der Waals surface area contributed by atoms with E-state index >= 15 is 0 Å². The van der Waals surface area contributed by atoms with Crippen LogP contribution in [0.5, 0.6) is 0 Å². The fourth-order valence-electron chi connectivity index (χ4n) is 2.65. The summed E-state index contributed by atoms with van der Waals surface area (Å²) in [5.41, 5.74) is 0.526. The second-order valence-corrected chi connectivity index (χ2v) is 6.83. The van der Waals surface area contributed by atoms with Crippen LogP contribution < -0.4 is 16.0 Å². The summed E-state index contributed by atoms with van der Waals surface area (Å²) in [5.74, 6) is -0.916. The molecule has 1 heterocycles. The van der Waals surface area contributed by atoms with Gasteiger partial charge >= 0.3 is 12.2 Å². The van der Waals surface area contributed by atoms with E-state index in [9.17, 15) is 27.6 Å². The van der Waals surface area contributed by atoms with Gasteiger partial charge in [-0.25, -0.2) is 4.79 Å². The van der Waals surface area contributed by atoms with Crippen molar-refractivity contribution in [2.24, 2.45) is 0 Å². The molecule has 0 aromatic heterocycles. The van der Waals surface area contributed by atoms with E-state index in [4.69, 9.17) is 11.6 Å².